The smallest absolute Gasteiger partial charge is 0.0734 e. The van der Waals surface area contributed by atoms with Crippen molar-refractivity contribution in [2.45, 2.75) is 24.8 Å². The molecule has 0 amide bonds. The highest BCUT2D eigenvalue weighted by Gasteiger charge is 2.22. The Hall–Kier alpha value is 0.0249. The van der Waals surface area contributed by atoms with E-state index in [9.17, 15) is 0 Å². The largest absolute Gasteiger partial charge is 0.394 e. The van der Waals surface area contributed by atoms with Gasteiger partial charge in [0, 0.05) is 6.10 Å². The van der Waals surface area contributed by atoms with Crippen molar-refractivity contribution in [2.24, 2.45) is 0 Å². The molecule has 2 heteroatoms. The molecule has 0 aliphatic heterocycles. The summed E-state index contributed by atoms with van der Waals surface area (Å²) in [6.45, 7) is 0. The van der Waals surface area contributed by atoms with Crippen LogP contribution in [0.2, 0.25) is 5.82 Å². The molecule has 0 aromatic heterocycles. The van der Waals surface area contributed by atoms with Gasteiger partial charge >= 0.3 is 0 Å². The molecular weight excluding hydrogens is 74.9 g/mol. The average molecular weight is 81.9 g/mol. The van der Waals surface area contributed by atoms with E-state index < -0.39 is 0 Å². The van der Waals surface area contributed by atoms with Gasteiger partial charge in [-0.1, -0.05) is 12.2 Å². The monoisotopic (exact) mass is 82.1 g/mol. The van der Waals surface area contributed by atoms with Gasteiger partial charge < -0.3 is 5.11 Å². The zero-order chi connectivity index (χ0) is 4.57. The van der Waals surface area contributed by atoms with Crippen molar-refractivity contribution in [3.8, 4) is 0 Å². The topological polar surface area (TPSA) is 20.2 Å². The summed E-state index contributed by atoms with van der Waals surface area (Å²) in [7, 11) is 5.27. The molecule has 0 bridgehead atoms. The van der Waals surface area contributed by atoms with E-state index in [2.05, 4.69) is 0 Å². The van der Waals surface area contributed by atoms with E-state index in [1.165, 1.54) is 0 Å². The molecule has 1 N–H and O–H groups in total. The molecule has 6 heavy (non-hydrogen) atoms. The van der Waals surface area contributed by atoms with Crippen LogP contribution in [0.5, 0.6) is 0 Å². The zero-order valence-corrected chi connectivity index (χ0v) is 3.59. The van der Waals surface area contributed by atoms with E-state index in [0.29, 0.717) is 0 Å². The normalized spacial score (nSPS) is 44.8. The molecule has 0 aromatic carbocycles. The summed E-state index contributed by atoms with van der Waals surface area (Å²) in [6.07, 6.45) is 1.72. The van der Waals surface area contributed by atoms with Crippen LogP contribution in [0.1, 0.15) is 12.8 Å². The summed E-state index contributed by atoms with van der Waals surface area (Å²) in [5.74, 6) is 0.0880. The van der Waals surface area contributed by atoms with Crippen LogP contribution in [0.15, 0.2) is 0 Å². The molecule has 1 nitrogen and oxygen atoms in total. The Bertz CT molecular complexity index is 47.5. The molecule has 2 atom stereocenters. The van der Waals surface area contributed by atoms with E-state index in [1.807, 2.05) is 0 Å². The van der Waals surface area contributed by atoms with Crippen molar-refractivity contribution < 1.29 is 5.11 Å². The highest BCUT2D eigenvalue weighted by atomic mass is 16.3. The maximum absolute atomic E-state index is 8.59. The van der Waals surface area contributed by atoms with Crippen molar-refractivity contribution in [3.05, 3.63) is 0 Å². The van der Waals surface area contributed by atoms with Gasteiger partial charge in [-0.05, 0) is 6.42 Å². The van der Waals surface area contributed by atoms with Crippen LogP contribution in [0.4, 0.5) is 0 Å². The molecule has 0 unspecified atom stereocenters. The molecule has 1 rings (SSSR count). The fraction of sp³-hybridized carbons (Fsp3) is 1.00. The van der Waals surface area contributed by atoms with Gasteiger partial charge in [-0.15, -0.1) is 0 Å². The third kappa shape index (κ3) is 0.452. The third-order valence-corrected chi connectivity index (χ3v) is 1.29. The van der Waals surface area contributed by atoms with Gasteiger partial charge in [0.05, 0.1) is 7.85 Å². The van der Waals surface area contributed by atoms with Crippen LogP contribution in [0.3, 0.4) is 0 Å². The summed E-state index contributed by atoms with van der Waals surface area (Å²) < 4.78 is 0. The van der Waals surface area contributed by atoms with Crippen LogP contribution < -0.4 is 0 Å². The highest BCUT2D eigenvalue weighted by molar-refractivity contribution is 6.12. The van der Waals surface area contributed by atoms with E-state index in [-0.39, 0.29) is 11.9 Å². The fourth-order valence-corrected chi connectivity index (χ4v) is 0.508. The lowest BCUT2D eigenvalue weighted by atomic mass is 9.68. The number of rotatable bonds is 0. The van der Waals surface area contributed by atoms with Crippen molar-refractivity contribution in [3.63, 3.8) is 0 Å². The molecule has 0 heterocycles. The molecule has 0 saturated heterocycles. The van der Waals surface area contributed by atoms with Gasteiger partial charge in [0.15, 0.2) is 0 Å². The molecule has 32 valence electrons. The van der Waals surface area contributed by atoms with Crippen LogP contribution >= 0.6 is 0 Å². The van der Waals surface area contributed by atoms with Crippen molar-refractivity contribution in [1.82, 2.24) is 0 Å². The van der Waals surface area contributed by atoms with Gasteiger partial charge in [-0.2, -0.15) is 0 Å². The van der Waals surface area contributed by atoms with Crippen LogP contribution in [0, 0.1) is 0 Å². The van der Waals surface area contributed by atoms with Gasteiger partial charge in [0.25, 0.3) is 0 Å². The summed E-state index contributed by atoms with van der Waals surface area (Å²) in [6, 6.07) is 0. The molecule has 0 spiro atoms. The maximum atomic E-state index is 8.59. The molecule has 1 aliphatic rings. The Morgan fingerprint density at radius 3 is 2.00 bits per heavy atom. The second-order valence-electron chi connectivity index (χ2n) is 1.81. The Balaban J connectivity index is 2.20. The van der Waals surface area contributed by atoms with Gasteiger partial charge in [-0.25, -0.2) is 0 Å². The average Bonchev–Trinajstić information content (AvgIpc) is 1.61. The van der Waals surface area contributed by atoms with E-state index in [4.69, 9.17) is 13.0 Å². The Labute approximate surface area is 38.8 Å². The predicted molar refractivity (Wildman–Crippen MR) is 24.7 cm³/mol. The number of aliphatic hydroxyl groups excluding tert-OH is 1. The third-order valence-electron chi connectivity index (χ3n) is 1.29. The van der Waals surface area contributed by atoms with E-state index in [1.54, 1.807) is 0 Å². The summed E-state index contributed by atoms with van der Waals surface area (Å²) >= 11 is 0. The van der Waals surface area contributed by atoms with E-state index in [0.717, 1.165) is 12.8 Å². The molecule has 0 aromatic rings. The standard InChI is InChI=1S/C4H7BO/c5-3-1-2-4(3)6/h3-4,6H,1-2H2/t3-,4+/m0/s1. The van der Waals surface area contributed by atoms with Crippen LogP contribution in [-0.2, 0) is 0 Å². The Morgan fingerprint density at radius 2 is 2.00 bits per heavy atom. The number of hydrogen-bond acceptors (Lipinski definition) is 1. The molecule has 1 fully saturated rings. The first-order valence-electron chi connectivity index (χ1n) is 2.24. The minimum atomic E-state index is -0.190. The lowest BCUT2D eigenvalue weighted by Crippen LogP contribution is -2.25. The first-order valence-corrected chi connectivity index (χ1v) is 2.24. The highest BCUT2D eigenvalue weighted by Crippen LogP contribution is 2.28. The molecule has 1 aliphatic carbocycles. The van der Waals surface area contributed by atoms with Crippen molar-refractivity contribution in [2.75, 3.05) is 0 Å². The van der Waals surface area contributed by atoms with Gasteiger partial charge in [-0.3, -0.25) is 0 Å². The van der Waals surface area contributed by atoms with Gasteiger partial charge in [0.2, 0.25) is 0 Å². The first kappa shape index (κ1) is 4.19. The Kier molecular flexibility index (Phi) is 0.883. The zero-order valence-electron chi connectivity index (χ0n) is 3.59. The quantitative estimate of drug-likeness (QED) is 0.411. The summed E-state index contributed by atoms with van der Waals surface area (Å²) in [5, 5.41) is 8.59. The second kappa shape index (κ2) is 1.26. The molecule has 2 radical (unpaired) electrons. The lowest BCUT2D eigenvalue weighted by Gasteiger charge is -2.28. The number of aliphatic hydroxyl groups is 1. The van der Waals surface area contributed by atoms with E-state index >= 15 is 0 Å². The minimum Gasteiger partial charge on any atom is -0.394 e. The number of hydrogen-bond donors (Lipinski definition) is 1. The molecular formula is C4H7BO. The minimum absolute atomic E-state index is 0.0880. The molecule has 1 saturated carbocycles. The summed E-state index contributed by atoms with van der Waals surface area (Å²) in [4.78, 5) is 0. The Morgan fingerprint density at radius 1 is 1.50 bits per heavy atom. The van der Waals surface area contributed by atoms with Crippen LogP contribution in [-0.4, -0.2) is 19.1 Å². The second-order valence-corrected chi connectivity index (χ2v) is 1.81. The summed E-state index contributed by atoms with van der Waals surface area (Å²) in [5.41, 5.74) is 0. The van der Waals surface area contributed by atoms with Crippen molar-refractivity contribution in [1.29, 1.82) is 0 Å². The fourth-order valence-electron chi connectivity index (χ4n) is 0.508. The van der Waals surface area contributed by atoms with Crippen LogP contribution in [0.25, 0.3) is 0 Å². The maximum Gasteiger partial charge on any atom is 0.0734 e. The lowest BCUT2D eigenvalue weighted by molar-refractivity contribution is 0.0963. The van der Waals surface area contributed by atoms with Gasteiger partial charge in [0.1, 0.15) is 0 Å². The van der Waals surface area contributed by atoms with Crippen molar-refractivity contribution >= 4 is 7.85 Å². The predicted octanol–water partition coefficient (Wildman–Crippen LogP) is 0.0981. The first-order chi connectivity index (χ1) is 2.80. The SMILES string of the molecule is [B][C@H]1CC[C@H]1O.